The number of hydrogen-bond acceptors (Lipinski definition) is 3. The maximum absolute atomic E-state index is 12.5. The van der Waals surface area contributed by atoms with Crippen LogP contribution in [0.3, 0.4) is 0 Å². The van der Waals surface area contributed by atoms with Crippen LogP contribution < -0.4 is 5.32 Å². The molecule has 0 aliphatic rings. The molecule has 182 valence electrons. The highest BCUT2D eigenvalue weighted by molar-refractivity contribution is 5.91. The monoisotopic (exact) mass is 460 g/mol. The number of furan rings is 1. The summed E-state index contributed by atoms with van der Waals surface area (Å²) in [4.78, 5) is 14.8. The zero-order valence-electron chi connectivity index (χ0n) is 21.3. The van der Waals surface area contributed by atoms with Crippen LogP contribution in [0.5, 0.6) is 0 Å². The predicted octanol–water partition coefficient (Wildman–Crippen LogP) is 7.09. The number of nitrogens with zero attached hydrogens (tertiary/aromatic N) is 1. The summed E-state index contributed by atoms with van der Waals surface area (Å²) in [7, 11) is 0. The normalized spacial score (nSPS) is 11.7. The molecule has 0 atom stereocenters. The number of hydrogen-bond donors (Lipinski definition) is 1. The third-order valence-electron chi connectivity index (χ3n) is 6.06. The van der Waals surface area contributed by atoms with E-state index in [1.807, 2.05) is 12.1 Å². The lowest BCUT2D eigenvalue weighted by atomic mass is 9.87. The van der Waals surface area contributed by atoms with Crippen LogP contribution in [0.25, 0.3) is 0 Å². The van der Waals surface area contributed by atoms with Crippen molar-refractivity contribution in [2.75, 3.05) is 6.54 Å². The van der Waals surface area contributed by atoms with Crippen LogP contribution in [0.15, 0.2) is 71.1 Å². The van der Waals surface area contributed by atoms with Gasteiger partial charge in [0.15, 0.2) is 5.76 Å². The van der Waals surface area contributed by atoms with Crippen molar-refractivity contribution in [3.8, 4) is 0 Å². The van der Waals surface area contributed by atoms with Crippen LogP contribution in [0, 0.1) is 0 Å². The fourth-order valence-electron chi connectivity index (χ4n) is 4.02. The summed E-state index contributed by atoms with van der Waals surface area (Å²) in [5.41, 5.74) is 4.00. The summed E-state index contributed by atoms with van der Waals surface area (Å²) in [6, 6.07) is 23.1. The van der Waals surface area contributed by atoms with Crippen LogP contribution in [0.1, 0.15) is 86.4 Å². The van der Waals surface area contributed by atoms with Crippen molar-refractivity contribution < 1.29 is 9.21 Å². The lowest BCUT2D eigenvalue weighted by Crippen LogP contribution is -2.24. The minimum Gasteiger partial charge on any atom is -0.455 e. The van der Waals surface area contributed by atoms with Gasteiger partial charge in [0, 0.05) is 19.6 Å². The highest BCUT2D eigenvalue weighted by atomic mass is 16.4. The highest BCUT2D eigenvalue weighted by Crippen LogP contribution is 2.23. The Labute approximate surface area is 205 Å². The summed E-state index contributed by atoms with van der Waals surface area (Å²) in [5.74, 6) is 1.06. The van der Waals surface area contributed by atoms with Crippen LogP contribution in [-0.2, 0) is 25.0 Å². The first-order chi connectivity index (χ1) is 16.3. The van der Waals surface area contributed by atoms with E-state index >= 15 is 0 Å². The molecule has 34 heavy (non-hydrogen) atoms. The lowest BCUT2D eigenvalue weighted by Gasteiger charge is -2.23. The van der Waals surface area contributed by atoms with Gasteiger partial charge in [-0.25, -0.2) is 0 Å². The molecule has 0 fully saturated rings. The van der Waals surface area contributed by atoms with Gasteiger partial charge in [0.05, 0.1) is 6.54 Å². The van der Waals surface area contributed by atoms with Gasteiger partial charge in [-0.1, -0.05) is 102 Å². The van der Waals surface area contributed by atoms with Crippen molar-refractivity contribution in [1.29, 1.82) is 0 Å². The highest BCUT2D eigenvalue weighted by Gasteiger charge is 2.16. The fourth-order valence-corrected chi connectivity index (χ4v) is 4.02. The number of unbranched alkanes of at least 4 members (excludes halogenated alkanes) is 3. The van der Waals surface area contributed by atoms with Gasteiger partial charge in [-0.15, -0.1) is 0 Å². The summed E-state index contributed by atoms with van der Waals surface area (Å²) in [6.45, 7) is 11.8. The molecular formula is C30H40N2O2. The largest absolute Gasteiger partial charge is 0.455 e. The molecule has 0 bridgehead atoms. The first-order valence-electron chi connectivity index (χ1n) is 12.6. The molecule has 3 aromatic rings. The van der Waals surface area contributed by atoms with Crippen molar-refractivity contribution in [2.24, 2.45) is 0 Å². The molecule has 1 heterocycles. The maximum Gasteiger partial charge on any atom is 0.286 e. The standard InChI is InChI=1S/C30H40N2O2/c1-5-6-7-11-20-31-29(33)28-19-18-27(34-28)23-32(21-24-12-9-8-10-13-24)22-25-14-16-26(17-15-25)30(2,3)4/h8-10,12-19H,5-7,11,20-23H2,1-4H3,(H,31,33). The molecule has 1 N–H and O–H groups in total. The third kappa shape index (κ3) is 8.18. The second-order valence-electron chi connectivity index (χ2n) is 10.2. The molecule has 1 aromatic heterocycles. The molecule has 0 radical (unpaired) electrons. The predicted molar refractivity (Wildman–Crippen MR) is 140 cm³/mol. The molecular weight excluding hydrogens is 420 g/mol. The first-order valence-corrected chi connectivity index (χ1v) is 12.6. The Kier molecular flexibility index (Phi) is 9.52. The Morgan fingerprint density at radius 3 is 2.15 bits per heavy atom. The van der Waals surface area contributed by atoms with Crippen molar-refractivity contribution in [2.45, 2.75) is 78.4 Å². The molecule has 2 aromatic carbocycles. The topological polar surface area (TPSA) is 45.5 Å². The molecule has 4 heteroatoms. The number of carbonyl (C=O) groups excluding carboxylic acids is 1. The molecule has 0 unspecified atom stereocenters. The molecule has 0 aliphatic carbocycles. The van der Waals surface area contributed by atoms with Gasteiger partial charge in [0.1, 0.15) is 5.76 Å². The zero-order valence-corrected chi connectivity index (χ0v) is 21.3. The van der Waals surface area contributed by atoms with Gasteiger partial charge in [-0.05, 0) is 40.7 Å². The number of carbonyl (C=O) groups is 1. The number of rotatable bonds is 12. The van der Waals surface area contributed by atoms with Gasteiger partial charge in [-0.2, -0.15) is 0 Å². The molecule has 0 aliphatic heterocycles. The van der Waals surface area contributed by atoms with Crippen LogP contribution in [0.2, 0.25) is 0 Å². The fraction of sp³-hybridized carbons (Fsp3) is 0.433. The lowest BCUT2D eigenvalue weighted by molar-refractivity contribution is 0.0920. The van der Waals surface area contributed by atoms with Gasteiger partial charge < -0.3 is 9.73 Å². The van der Waals surface area contributed by atoms with Crippen LogP contribution in [-0.4, -0.2) is 17.4 Å². The third-order valence-corrected chi connectivity index (χ3v) is 6.06. The summed E-state index contributed by atoms with van der Waals surface area (Å²) < 4.78 is 5.94. The number of nitrogens with one attached hydrogen (secondary N) is 1. The Balaban J connectivity index is 1.65. The first kappa shape index (κ1) is 25.8. The number of amides is 1. The van der Waals surface area contributed by atoms with E-state index in [1.54, 1.807) is 6.07 Å². The van der Waals surface area contributed by atoms with Gasteiger partial charge in [-0.3, -0.25) is 9.69 Å². The van der Waals surface area contributed by atoms with E-state index < -0.39 is 0 Å². The van der Waals surface area contributed by atoms with Gasteiger partial charge >= 0.3 is 0 Å². The van der Waals surface area contributed by atoms with Gasteiger partial charge in [0.2, 0.25) is 0 Å². The Hall–Kier alpha value is -2.85. The molecule has 1 amide bonds. The van der Waals surface area contributed by atoms with Crippen molar-refractivity contribution in [1.82, 2.24) is 10.2 Å². The molecule has 0 saturated heterocycles. The average Bonchev–Trinajstić information content (AvgIpc) is 3.28. The average molecular weight is 461 g/mol. The summed E-state index contributed by atoms with van der Waals surface area (Å²) in [6.07, 6.45) is 4.55. The van der Waals surface area contributed by atoms with Crippen LogP contribution in [0.4, 0.5) is 0 Å². The van der Waals surface area contributed by atoms with Crippen molar-refractivity contribution in [3.05, 3.63) is 94.9 Å². The van der Waals surface area contributed by atoms with Gasteiger partial charge in [0.25, 0.3) is 5.91 Å². The zero-order chi connectivity index (χ0) is 24.4. The molecule has 0 spiro atoms. The van der Waals surface area contributed by atoms with E-state index in [1.165, 1.54) is 29.5 Å². The van der Waals surface area contributed by atoms with E-state index in [0.29, 0.717) is 18.8 Å². The number of benzene rings is 2. The van der Waals surface area contributed by atoms with E-state index in [0.717, 1.165) is 31.7 Å². The Morgan fingerprint density at radius 2 is 1.50 bits per heavy atom. The second-order valence-corrected chi connectivity index (χ2v) is 10.2. The van der Waals surface area contributed by atoms with E-state index in [4.69, 9.17) is 4.42 Å². The minimum absolute atomic E-state index is 0.130. The Morgan fingerprint density at radius 1 is 0.824 bits per heavy atom. The summed E-state index contributed by atoms with van der Waals surface area (Å²) >= 11 is 0. The maximum atomic E-state index is 12.5. The SMILES string of the molecule is CCCCCCNC(=O)c1ccc(CN(Cc2ccccc2)Cc2ccc(C(C)(C)C)cc2)o1. The summed E-state index contributed by atoms with van der Waals surface area (Å²) in [5, 5.41) is 2.98. The Bertz CT molecular complexity index is 1000. The second kappa shape index (κ2) is 12.6. The van der Waals surface area contributed by atoms with Crippen molar-refractivity contribution in [3.63, 3.8) is 0 Å². The quantitative estimate of drug-likeness (QED) is 0.293. The van der Waals surface area contributed by atoms with E-state index in [9.17, 15) is 4.79 Å². The smallest absolute Gasteiger partial charge is 0.286 e. The molecule has 4 nitrogen and oxygen atoms in total. The molecule has 0 saturated carbocycles. The van der Waals surface area contributed by atoms with Crippen molar-refractivity contribution >= 4 is 5.91 Å². The van der Waals surface area contributed by atoms with E-state index in [-0.39, 0.29) is 11.3 Å². The molecule has 3 rings (SSSR count). The minimum atomic E-state index is -0.130. The van der Waals surface area contributed by atoms with E-state index in [2.05, 4.69) is 86.4 Å². The van der Waals surface area contributed by atoms with Crippen LogP contribution >= 0.6 is 0 Å².